The maximum Gasteiger partial charge on any atom is 0.305 e. The molecule has 0 aromatic heterocycles. The first-order valence-corrected chi connectivity index (χ1v) is 9.29. The number of ether oxygens (including phenoxy) is 2. The summed E-state index contributed by atoms with van der Waals surface area (Å²) < 4.78 is 11.2. The van der Waals surface area contributed by atoms with Crippen molar-refractivity contribution in [1.29, 1.82) is 0 Å². The van der Waals surface area contributed by atoms with Crippen LogP contribution in [-0.2, 0) is 14.3 Å². The normalized spacial score (nSPS) is 16.0. The van der Waals surface area contributed by atoms with Crippen molar-refractivity contribution in [3.63, 3.8) is 0 Å². The molecule has 1 aliphatic rings. The predicted molar refractivity (Wildman–Crippen MR) is 102 cm³/mol. The summed E-state index contributed by atoms with van der Waals surface area (Å²) in [6.45, 7) is 1.37. The van der Waals surface area contributed by atoms with Crippen LogP contribution < -0.4 is 10.1 Å². The minimum Gasteiger partial charge on any atom is -0.493 e. The van der Waals surface area contributed by atoms with Crippen LogP contribution in [0.3, 0.4) is 0 Å². The second kappa shape index (κ2) is 8.86. The highest BCUT2D eigenvalue weighted by Gasteiger charge is 2.36. The predicted octanol–water partition coefficient (Wildman–Crippen LogP) is 3.14. The highest BCUT2D eigenvalue weighted by molar-refractivity contribution is 5.88. The third-order valence-corrected chi connectivity index (χ3v) is 4.90. The molecule has 2 aromatic rings. The van der Waals surface area contributed by atoms with Gasteiger partial charge in [-0.05, 0) is 30.7 Å². The van der Waals surface area contributed by atoms with Gasteiger partial charge in [-0.15, -0.1) is 0 Å². The molecule has 0 bridgehead atoms. The highest BCUT2D eigenvalue weighted by Crippen LogP contribution is 2.26. The molecule has 1 amide bonds. The van der Waals surface area contributed by atoms with Crippen LogP contribution in [0.1, 0.15) is 32.1 Å². The molecular formula is C21H25NO5. The number of benzene rings is 2. The molecule has 0 unspecified atom stereocenters. The fraction of sp³-hybridized carbons (Fsp3) is 0.429. The number of aliphatic carboxylic acids is 1. The lowest BCUT2D eigenvalue weighted by atomic mass is 9.86. The molecular weight excluding hydrogens is 346 g/mol. The van der Waals surface area contributed by atoms with Crippen LogP contribution in [0.4, 0.5) is 0 Å². The first-order chi connectivity index (χ1) is 13.1. The van der Waals surface area contributed by atoms with Gasteiger partial charge < -0.3 is 19.9 Å². The Hall–Kier alpha value is -2.60. The lowest BCUT2D eigenvalue weighted by Crippen LogP contribution is -2.53. The second-order valence-electron chi connectivity index (χ2n) is 6.94. The number of hydrogen-bond acceptors (Lipinski definition) is 4. The van der Waals surface area contributed by atoms with Gasteiger partial charge in [0.05, 0.1) is 18.6 Å². The zero-order chi connectivity index (χ0) is 19.1. The molecule has 0 saturated carbocycles. The lowest BCUT2D eigenvalue weighted by Gasteiger charge is -2.36. The van der Waals surface area contributed by atoms with E-state index >= 15 is 0 Å². The maximum absolute atomic E-state index is 12.3. The molecule has 3 rings (SSSR count). The van der Waals surface area contributed by atoms with Crippen molar-refractivity contribution < 1.29 is 24.2 Å². The van der Waals surface area contributed by atoms with Gasteiger partial charge in [0.25, 0.3) is 0 Å². The summed E-state index contributed by atoms with van der Waals surface area (Å²) in [6.07, 6.45) is 1.84. The number of hydrogen-bond donors (Lipinski definition) is 2. The number of rotatable bonds is 8. The van der Waals surface area contributed by atoms with Gasteiger partial charge in [0.15, 0.2) is 0 Å². The van der Waals surface area contributed by atoms with Crippen LogP contribution >= 0.6 is 0 Å². The van der Waals surface area contributed by atoms with Crippen LogP contribution in [0.2, 0.25) is 0 Å². The van der Waals surface area contributed by atoms with Crippen LogP contribution in [0.5, 0.6) is 5.75 Å². The summed E-state index contributed by atoms with van der Waals surface area (Å²) in [7, 11) is 0. The van der Waals surface area contributed by atoms with Crippen molar-refractivity contribution in [2.24, 2.45) is 0 Å². The Morgan fingerprint density at radius 3 is 2.63 bits per heavy atom. The van der Waals surface area contributed by atoms with Crippen LogP contribution in [0.25, 0.3) is 10.8 Å². The van der Waals surface area contributed by atoms with Crippen LogP contribution in [-0.4, -0.2) is 42.3 Å². The van der Waals surface area contributed by atoms with E-state index in [2.05, 4.69) is 5.32 Å². The molecule has 144 valence electrons. The fourth-order valence-electron chi connectivity index (χ4n) is 3.49. The molecule has 1 saturated heterocycles. The topological polar surface area (TPSA) is 84.9 Å². The quantitative estimate of drug-likeness (QED) is 0.697. The number of carboxylic acids is 1. The van der Waals surface area contributed by atoms with Gasteiger partial charge in [-0.25, -0.2) is 0 Å². The summed E-state index contributed by atoms with van der Waals surface area (Å²) in [4.78, 5) is 23.5. The summed E-state index contributed by atoms with van der Waals surface area (Å²) in [5.41, 5.74) is -0.697. The Bertz CT molecular complexity index is 793. The van der Waals surface area contributed by atoms with Gasteiger partial charge >= 0.3 is 5.97 Å². The van der Waals surface area contributed by atoms with Gasteiger partial charge in [0, 0.05) is 25.0 Å². The number of carboxylic acid groups (broad SMARTS) is 1. The van der Waals surface area contributed by atoms with E-state index in [1.54, 1.807) is 0 Å². The number of carbonyl (C=O) groups is 2. The third-order valence-electron chi connectivity index (χ3n) is 4.90. The molecule has 27 heavy (non-hydrogen) atoms. The molecule has 0 spiro atoms. The summed E-state index contributed by atoms with van der Waals surface area (Å²) in [5.74, 6) is -0.239. The van der Waals surface area contributed by atoms with Gasteiger partial charge in [0.2, 0.25) is 5.91 Å². The van der Waals surface area contributed by atoms with Gasteiger partial charge in [0.1, 0.15) is 5.75 Å². The van der Waals surface area contributed by atoms with E-state index < -0.39 is 11.5 Å². The highest BCUT2D eigenvalue weighted by atomic mass is 16.5. The maximum atomic E-state index is 12.3. The zero-order valence-corrected chi connectivity index (χ0v) is 15.3. The summed E-state index contributed by atoms with van der Waals surface area (Å²) >= 11 is 0. The van der Waals surface area contributed by atoms with E-state index in [0.717, 1.165) is 16.5 Å². The SMILES string of the molecule is O=C(O)CC1(NC(=O)CCCOc2cccc3ccccc23)CCOCC1. The Morgan fingerprint density at radius 2 is 1.85 bits per heavy atom. The van der Waals surface area contributed by atoms with E-state index in [4.69, 9.17) is 14.6 Å². The van der Waals surface area contributed by atoms with Crippen molar-refractivity contribution in [3.8, 4) is 5.75 Å². The Balaban J connectivity index is 1.49. The van der Waals surface area contributed by atoms with Gasteiger partial charge in [-0.1, -0.05) is 36.4 Å². The first kappa shape index (κ1) is 19.2. The average Bonchev–Trinajstić information content (AvgIpc) is 2.65. The van der Waals surface area contributed by atoms with E-state index in [1.165, 1.54) is 0 Å². The average molecular weight is 371 g/mol. The molecule has 1 heterocycles. The molecule has 1 fully saturated rings. The first-order valence-electron chi connectivity index (χ1n) is 9.29. The van der Waals surface area contributed by atoms with Crippen LogP contribution in [0.15, 0.2) is 42.5 Å². The lowest BCUT2D eigenvalue weighted by molar-refractivity contribution is -0.140. The minimum absolute atomic E-state index is 0.0748. The molecule has 6 nitrogen and oxygen atoms in total. The monoisotopic (exact) mass is 371 g/mol. The van der Waals surface area contributed by atoms with E-state index in [9.17, 15) is 9.59 Å². The van der Waals surface area contributed by atoms with Crippen molar-refractivity contribution in [2.75, 3.05) is 19.8 Å². The molecule has 2 aromatic carbocycles. The van der Waals surface area contributed by atoms with E-state index in [-0.39, 0.29) is 12.3 Å². The second-order valence-corrected chi connectivity index (χ2v) is 6.94. The van der Waals surface area contributed by atoms with E-state index in [1.807, 2.05) is 42.5 Å². The van der Waals surface area contributed by atoms with Gasteiger partial charge in [-0.3, -0.25) is 9.59 Å². The van der Waals surface area contributed by atoms with Crippen molar-refractivity contribution in [3.05, 3.63) is 42.5 Å². The minimum atomic E-state index is -0.906. The summed E-state index contributed by atoms with van der Waals surface area (Å²) in [6, 6.07) is 13.9. The molecule has 6 heteroatoms. The van der Waals surface area contributed by atoms with E-state index in [0.29, 0.717) is 45.5 Å². The van der Waals surface area contributed by atoms with Gasteiger partial charge in [-0.2, -0.15) is 0 Å². The molecule has 2 N–H and O–H groups in total. The summed E-state index contributed by atoms with van der Waals surface area (Å²) in [5, 5.41) is 14.3. The largest absolute Gasteiger partial charge is 0.493 e. The molecule has 1 aliphatic heterocycles. The molecule has 0 radical (unpaired) electrons. The fourth-order valence-corrected chi connectivity index (χ4v) is 3.49. The van der Waals surface area contributed by atoms with Crippen molar-refractivity contribution in [1.82, 2.24) is 5.32 Å². The molecule has 0 aliphatic carbocycles. The van der Waals surface area contributed by atoms with Crippen molar-refractivity contribution in [2.45, 2.75) is 37.6 Å². The molecule has 0 atom stereocenters. The standard InChI is InChI=1S/C21H25NO5/c23-19(22-21(15-20(24)25)10-13-26-14-11-21)9-4-12-27-18-8-3-6-16-5-1-2-7-17(16)18/h1-3,5-8H,4,9-15H2,(H,22,23)(H,24,25). The van der Waals surface area contributed by atoms with Crippen LogP contribution in [0, 0.1) is 0 Å². The number of amides is 1. The Labute approximate surface area is 158 Å². The smallest absolute Gasteiger partial charge is 0.305 e. The zero-order valence-electron chi connectivity index (χ0n) is 15.3. The third kappa shape index (κ3) is 5.20. The number of nitrogens with one attached hydrogen (secondary N) is 1. The Kier molecular flexibility index (Phi) is 6.29. The Morgan fingerprint density at radius 1 is 1.11 bits per heavy atom. The number of carbonyl (C=O) groups excluding carboxylic acids is 1. The van der Waals surface area contributed by atoms with Crippen molar-refractivity contribution >= 4 is 22.6 Å². The number of fused-ring (bicyclic) bond motifs is 1.